The van der Waals surface area contributed by atoms with Gasteiger partial charge >= 0.3 is 0 Å². The van der Waals surface area contributed by atoms with Gasteiger partial charge in [-0.25, -0.2) is 0 Å². The van der Waals surface area contributed by atoms with Crippen molar-refractivity contribution in [1.82, 2.24) is 4.98 Å². The molecule has 0 aromatic carbocycles. The number of aryl methyl sites for hydroxylation is 1. The summed E-state index contributed by atoms with van der Waals surface area (Å²) in [6.07, 6.45) is 5.48. The molecule has 4 nitrogen and oxygen atoms in total. The van der Waals surface area contributed by atoms with Crippen LogP contribution in [0.4, 0.5) is 0 Å². The summed E-state index contributed by atoms with van der Waals surface area (Å²) in [6, 6.07) is 0. The van der Waals surface area contributed by atoms with Gasteiger partial charge in [0.25, 0.3) is 0 Å². The fourth-order valence-electron chi connectivity index (χ4n) is 3.21. The molecule has 1 heterocycles. The summed E-state index contributed by atoms with van der Waals surface area (Å²) in [4.78, 5) is 4.46. The van der Waals surface area contributed by atoms with E-state index in [-0.39, 0.29) is 6.10 Å². The van der Waals surface area contributed by atoms with E-state index in [0.717, 1.165) is 48.4 Å². The lowest BCUT2D eigenvalue weighted by molar-refractivity contribution is -0.0376. The Hall–Kier alpha value is -1.13. The standard InChI is InChI=1S/C17H27NO3/c1-5-21-15-7-13(8-15)6-14(19)9-16-12(3)17(20-4)11(2)10-18-16/h10,13-15,19H,5-9H2,1-4H3. The molecule has 1 aromatic heterocycles. The zero-order valence-corrected chi connectivity index (χ0v) is 13.6. The smallest absolute Gasteiger partial charge is 0.128 e. The quantitative estimate of drug-likeness (QED) is 0.840. The summed E-state index contributed by atoms with van der Waals surface area (Å²) in [7, 11) is 1.68. The maximum absolute atomic E-state index is 10.3. The Balaban J connectivity index is 1.87. The Morgan fingerprint density at radius 3 is 2.71 bits per heavy atom. The summed E-state index contributed by atoms with van der Waals surface area (Å²) in [6.45, 7) is 6.81. The van der Waals surface area contributed by atoms with E-state index in [9.17, 15) is 5.11 Å². The molecule has 1 N–H and O–H groups in total. The van der Waals surface area contributed by atoms with Crippen LogP contribution in [0.2, 0.25) is 0 Å². The number of pyridine rings is 1. The van der Waals surface area contributed by atoms with Crippen LogP contribution in [0.5, 0.6) is 5.75 Å². The highest BCUT2D eigenvalue weighted by Gasteiger charge is 2.31. The molecular formula is C17H27NO3. The Bertz CT molecular complexity index is 469. The van der Waals surface area contributed by atoms with E-state index in [1.54, 1.807) is 7.11 Å². The van der Waals surface area contributed by atoms with E-state index in [4.69, 9.17) is 9.47 Å². The van der Waals surface area contributed by atoms with Gasteiger partial charge < -0.3 is 14.6 Å². The van der Waals surface area contributed by atoms with Crippen LogP contribution in [-0.2, 0) is 11.2 Å². The first-order valence-corrected chi connectivity index (χ1v) is 7.83. The minimum atomic E-state index is -0.337. The lowest BCUT2D eigenvalue weighted by Gasteiger charge is -2.36. The second-order valence-electron chi connectivity index (χ2n) is 6.05. The molecule has 0 amide bonds. The lowest BCUT2D eigenvalue weighted by atomic mass is 9.78. The Labute approximate surface area is 127 Å². The van der Waals surface area contributed by atoms with Crippen molar-refractivity contribution in [1.29, 1.82) is 0 Å². The van der Waals surface area contributed by atoms with E-state index < -0.39 is 0 Å². The third-order valence-electron chi connectivity index (χ3n) is 4.38. The monoisotopic (exact) mass is 293 g/mol. The molecule has 1 aromatic rings. The number of methoxy groups -OCH3 is 1. The van der Waals surface area contributed by atoms with Gasteiger partial charge in [0.1, 0.15) is 5.75 Å². The summed E-state index contributed by atoms with van der Waals surface area (Å²) in [5.41, 5.74) is 3.01. The number of aliphatic hydroxyl groups excluding tert-OH is 1. The van der Waals surface area contributed by atoms with Gasteiger partial charge in [0, 0.05) is 36.0 Å². The highest BCUT2D eigenvalue weighted by Crippen LogP contribution is 2.34. The first kappa shape index (κ1) is 16.2. The van der Waals surface area contributed by atoms with Crippen LogP contribution in [0.3, 0.4) is 0 Å². The van der Waals surface area contributed by atoms with Crippen molar-refractivity contribution in [3.05, 3.63) is 23.0 Å². The summed E-state index contributed by atoms with van der Waals surface area (Å²) in [5.74, 6) is 1.47. The van der Waals surface area contributed by atoms with Gasteiger partial charge in [-0.05, 0) is 46.0 Å². The predicted octanol–water partition coefficient (Wildman–Crippen LogP) is 2.82. The number of aliphatic hydroxyl groups is 1. The van der Waals surface area contributed by atoms with Gasteiger partial charge in [-0.1, -0.05) is 0 Å². The number of aromatic nitrogens is 1. The molecule has 1 aliphatic carbocycles. The molecular weight excluding hydrogens is 266 g/mol. The van der Waals surface area contributed by atoms with E-state index in [1.165, 1.54) is 0 Å². The summed E-state index contributed by atoms with van der Waals surface area (Å²) >= 11 is 0. The van der Waals surface area contributed by atoms with Gasteiger partial charge in [-0.2, -0.15) is 0 Å². The zero-order chi connectivity index (χ0) is 15.4. The predicted molar refractivity (Wildman–Crippen MR) is 82.7 cm³/mol. The van der Waals surface area contributed by atoms with Crippen molar-refractivity contribution in [3.8, 4) is 5.75 Å². The number of hydrogen-bond donors (Lipinski definition) is 1. The van der Waals surface area contributed by atoms with Crippen molar-refractivity contribution in [3.63, 3.8) is 0 Å². The van der Waals surface area contributed by atoms with Crippen LogP contribution in [0.15, 0.2) is 6.20 Å². The van der Waals surface area contributed by atoms with Crippen molar-refractivity contribution < 1.29 is 14.6 Å². The lowest BCUT2D eigenvalue weighted by Crippen LogP contribution is -2.34. The van der Waals surface area contributed by atoms with Crippen LogP contribution < -0.4 is 4.74 Å². The van der Waals surface area contributed by atoms with Gasteiger partial charge in [0.2, 0.25) is 0 Å². The molecule has 0 aliphatic heterocycles. The van der Waals surface area contributed by atoms with Gasteiger partial charge in [0.05, 0.1) is 19.3 Å². The molecule has 118 valence electrons. The van der Waals surface area contributed by atoms with Crippen LogP contribution in [0.1, 0.15) is 43.0 Å². The second kappa shape index (κ2) is 7.23. The highest BCUT2D eigenvalue weighted by molar-refractivity contribution is 5.41. The molecule has 0 bridgehead atoms. The molecule has 1 atom stereocenters. The fourth-order valence-corrected chi connectivity index (χ4v) is 3.21. The van der Waals surface area contributed by atoms with Gasteiger partial charge in [0.15, 0.2) is 0 Å². The highest BCUT2D eigenvalue weighted by atomic mass is 16.5. The van der Waals surface area contributed by atoms with Gasteiger partial charge in [-0.15, -0.1) is 0 Å². The average molecular weight is 293 g/mol. The van der Waals surface area contributed by atoms with Crippen molar-refractivity contribution in [2.75, 3.05) is 13.7 Å². The largest absolute Gasteiger partial charge is 0.496 e. The number of nitrogens with zero attached hydrogens (tertiary/aromatic N) is 1. The fraction of sp³-hybridized carbons (Fsp3) is 0.706. The molecule has 1 aliphatic rings. The minimum absolute atomic E-state index is 0.337. The average Bonchev–Trinajstić information content (AvgIpc) is 2.40. The van der Waals surface area contributed by atoms with Crippen LogP contribution in [-0.4, -0.2) is 36.0 Å². The normalized spacial score (nSPS) is 22.7. The summed E-state index contributed by atoms with van der Waals surface area (Å²) in [5, 5.41) is 10.3. The van der Waals surface area contributed by atoms with E-state index in [2.05, 4.69) is 4.98 Å². The van der Waals surface area contributed by atoms with Crippen molar-refractivity contribution >= 4 is 0 Å². The molecule has 0 saturated heterocycles. The molecule has 0 radical (unpaired) electrons. The van der Waals surface area contributed by atoms with E-state index in [0.29, 0.717) is 18.4 Å². The second-order valence-corrected chi connectivity index (χ2v) is 6.05. The Morgan fingerprint density at radius 2 is 2.10 bits per heavy atom. The SMILES string of the molecule is CCOC1CC(CC(O)Cc2ncc(C)c(OC)c2C)C1. The first-order valence-electron chi connectivity index (χ1n) is 7.83. The van der Waals surface area contributed by atoms with Crippen molar-refractivity contribution in [2.24, 2.45) is 5.92 Å². The maximum atomic E-state index is 10.3. The van der Waals surface area contributed by atoms with Crippen LogP contribution >= 0.6 is 0 Å². The van der Waals surface area contributed by atoms with Crippen molar-refractivity contribution in [2.45, 2.75) is 58.7 Å². The van der Waals surface area contributed by atoms with Gasteiger partial charge in [-0.3, -0.25) is 4.98 Å². The van der Waals surface area contributed by atoms with E-state index in [1.807, 2.05) is 27.0 Å². The van der Waals surface area contributed by atoms with Crippen LogP contribution in [0.25, 0.3) is 0 Å². The maximum Gasteiger partial charge on any atom is 0.128 e. The zero-order valence-electron chi connectivity index (χ0n) is 13.6. The Morgan fingerprint density at radius 1 is 1.38 bits per heavy atom. The molecule has 1 unspecified atom stereocenters. The molecule has 2 rings (SSSR count). The molecule has 0 spiro atoms. The topological polar surface area (TPSA) is 51.6 Å². The Kier molecular flexibility index (Phi) is 5.59. The third kappa shape index (κ3) is 3.95. The summed E-state index contributed by atoms with van der Waals surface area (Å²) < 4.78 is 11.0. The third-order valence-corrected chi connectivity index (χ3v) is 4.38. The van der Waals surface area contributed by atoms with E-state index >= 15 is 0 Å². The molecule has 4 heteroatoms. The number of ether oxygens (including phenoxy) is 2. The first-order chi connectivity index (χ1) is 10.0. The molecule has 1 fully saturated rings. The number of hydrogen-bond acceptors (Lipinski definition) is 4. The minimum Gasteiger partial charge on any atom is -0.496 e. The molecule has 1 saturated carbocycles. The number of rotatable bonds is 7. The van der Waals surface area contributed by atoms with Crippen LogP contribution in [0, 0.1) is 19.8 Å². The molecule has 21 heavy (non-hydrogen) atoms.